The molecule has 0 aliphatic heterocycles. The molecule has 1 atom stereocenters. The predicted octanol–water partition coefficient (Wildman–Crippen LogP) is 2.77. The van der Waals surface area contributed by atoms with E-state index >= 15 is 0 Å². The normalized spacial score (nSPS) is 14.1. The van der Waals surface area contributed by atoms with E-state index in [4.69, 9.17) is 0 Å². The average Bonchev–Trinajstić information content (AvgIpc) is 2.65. The van der Waals surface area contributed by atoms with E-state index in [0.717, 1.165) is 17.3 Å². The molecule has 92 valence electrons. The highest BCUT2D eigenvalue weighted by Crippen LogP contribution is 2.21. The second kappa shape index (κ2) is 5.73. The molecule has 0 amide bonds. The Morgan fingerprint density at radius 3 is 2.50 bits per heavy atom. The Morgan fingerprint density at radius 1 is 1.38 bits per heavy atom. The van der Waals surface area contributed by atoms with Gasteiger partial charge in [0.25, 0.3) is 0 Å². The summed E-state index contributed by atoms with van der Waals surface area (Å²) in [5.41, 5.74) is 0.0641. The summed E-state index contributed by atoms with van der Waals surface area (Å²) >= 11 is 1.54. The molecule has 1 N–H and O–H groups in total. The summed E-state index contributed by atoms with van der Waals surface area (Å²) in [5.74, 6) is 0.971. The van der Waals surface area contributed by atoms with Gasteiger partial charge in [0.1, 0.15) is 10.8 Å². The van der Waals surface area contributed by atoms with Gasteiger partial charge in [-0.1, -0.05) is 34.1 Å². The molecular formula is C12H23N3S. The second-order valence-corrected chi connectivity index (χ2v) is 6.08. The molecule has 16 heavy (non-hydrogen) atoms. The number of aromatic nitrogens is 2. The Bertz CT molecular complexity index is 314. The SMILES string of the molecule is CCCC(Cc1nc(C(C)(C)C)ns1)NC. The van der Waals surface area contributed by atoms with Gasteiger partial charge in [0.2, 0.25) is 0 Å². The van der Waals surface area contributed by atoms with Crippen molar-refractivity contribution in [2.24, 2.45) is 0 Å². The zero-order valence-corrected chi connectivity index (χ0v) is 11.8. The number of likely N-dealkylation sites (N-methyl/N-ethyl adjacent to an activating group) is 1. The highest BCUT2D eigenvalue weighted by atomic mass is 32.1. The molecule has 0 saturated carbocycles. The van der Waals surface area contributed by atoms with Gasteiger partial charge in [-0.25, -0.2) is 4.98 Å². The Hall–Kier alpha value is -0.480. The van der Waals surface area contributed by atoms with Crippen molar-refractivity contribution in [2.45, 2.75) is 58.4 Å². The smallest absolute Gasteiger partial charge is 0.147 e. The third kappa shape index (κ3) is 3.83. The molecular weight excluding hydrogens is 218 g/mol. The summed E-state index contributed by atoms with van der Waals surface area (Å²) in [6.07, 6.45) is 3.40. The van der Waals surface area contributed by atoms with Crippen molar-refractivity contribution < 1.29 is 0 Å². The maximum Gasteiger partial charge on any atom is 0.147 e. The van der Waals surface area contributed by atoms with Crippen LogP contribution in [0.15, 0.2) is 0 Å². The molecule has 1 aromatic rings. The molecule has 3 nitrogen and oxygen atoms in total. The summed E-state index contributed by atoms with van der Waals surface area (Å²) < 4.78 is 4.44. The molecule has 0 aromatic carbocycles. The minimum absolute atomic E-state index is 0.0641. The number of nitrogens with zero attached hydrogens (tertiary/aromatic N) is 2. The molecule has 0 bridgehead atoms. The zero-order valence-electron chi connectivity index (χ0n) is 11.0. The van der Waals surface area contributed by atoms with Gasteiger partial charge in [0.05, 0.1) is 0 Å². The number of nitrogens with one attached hydrogen (secondary N) is 1. The van der Waals surface area contributed by atoms with Crippen molar-refractivity contribution >= 4 is 11.5 Å². The van der Waals surface area contributed by atoms with E-state index in [9.17, 15) is 0 Å². The molecule has 0 aliphatic rings. The predicted molar refractivity (Wildman–Crippen MR) is 70.1 cm³/mol. The van der Waals surface area contributed by atoms with Crippen molar-refractivity contribution in [3.05, 3.63) is 10.8 Å². The summed E-state index contributed by atoms with van der Waals surface area (Å²) in [5, 5.41) is 4.49. The lowest BCUT2D eigenvalue weighted by Crippen LogP contribution is -2.27. The van der Waals surface area contributed by atoms with Crippen molar-refractivity contribution in [1.29, 1.82) is 0 Å². The summed E-state index contributed by atoms with van der Waals surface area (Å²) in [6.45, 7) is 8.67. The van der Waals surface area contributed by atoms with E-state index in [-0.39, 0.29) is 5.41 Å². The Morgan fingerprint density at radius 2 is 2.06 bits per heavy atom. The van der Waals surface area contributed by atoms with Crippen LogP contribution in [0, 0.1) is 0 Å². The van der Waals surface area contributed by atoms with Gasteiger partial charge in [-0.15, -0.1) is 0 Å². The largest absolute Gasteiger partial charge is 0.317 e. The van der Waals surface area contributed by atoms with Gasteiger partial charge in [0.15, 0.2) is 0 Å². The highest BCUT2D eigenvalue weighted by Gasteiger charge is 2.20. The standard InChI is InChI=1S/C12H23N3S/c1-6-7-9(13-5)8-10-14-11(15-16-10)12(2,3)4/h9,13H,6-8H2,1-5H3. The first-order valence-corrected chi connectivity index (χ1v) is 6.75. The van der Waals surface area contributed by atoms with Crippen LogP contribution in [0.2, 0.25) is 0 Å². The number of hydrogen-bond acceptors (Lipinski definition) is 4. The first-order valence-electron chi connectivity index (χ1n) is 5.97. The molecule has 1 rings (SSSR count). The molecule has 0 aliphatic carbocycles. The molecule has 1 heterocycles. The van der Waals surface area contributed by atoms with Gasteiger partial charge in [-0.05, 0) is 25.0 Å². The van der Waals surface area contributed by atoms with Crippen LogP contribution < -0.4 is 5.32 Å². The number of hydrogen-bond donors (Lipinski definition) is 1. The van der Waals surface area contributed by atoms with Crippen LogP contribution in [0.25, 0.3) is 0 Å². The van der Waals surface area contributed by atoms with Crippen molar-refractivity contribution in [3.8, 4) is 0 Å². The summed E-state index contributed by atoms with van der Waals surface area (Å²) in [7, 11) is 2.02. The van der Waals surface area contributed by atoms with E-state index in [0.29, 0.717) is 6.04 Å². The lowest BCUT2D eigenvalue weighted by Gasteiger charge is -2.14. The Kier molecular flexibility index (Phi) is 4.87. The quantitative estimate of drug-likeness (QED) is 0.861. The van der Waals surface area contributed by atoms with Gasteiger partial charge in [-0.3, -0.25) is 0 Å². The monoisotopic (exact) mass is 241 g/mol. The zero-order chi connectivity index (χ0) is 12.2. The summed E-state index contributed by atoms with van der Waals surface area (Å²) in [6, 6.07) is 0.533. The van der Waals surface area contributed by atoms with Gasteiger partial charge in [0, 0.05) is 17.9 Å². The highest BCUT2D eigenvalue weighted by molar-refractivity contribution is 7.05. The van der Waals surface area contributed by atoms with Crippen LogP contribution in [0.5, 0.6) is 0 Å². The van der Waals surface area contributed by atoms with E-state index in [2.05, 4.69) is 42.4 Å². The first-order chi connectivity index (χ1) is 7.47. The fourth-order valence-electron chi connectivity index (χ4n) is 1.55. The lowest BCUT2D eigenvalue weighted by molar-refractivity contribution is 0.508. The Balaban J connectivity index is 2.64. The molecule has 0 saturated heterocycles. The lowest BCUT2D eigenvalue weighted by atomic mass is 9.96. The topological polar surface area (TPSA) is 37.8 Å². The minimum atomic E-state index is 0.0641. The van der Waals surface area contributed by atoms with Crippen LogP contribution in [0.3, 0.4) is 0 Å². The van der Waals surface area contributed by atoms with Gasteiger partial charge in [-0.2, -0.15) is 4.37 Å². The fourth-order valence-corrected chi connectivity index (χ4v) is 2.46. The third-order valence-corrected chi connectivity index (χ3v) is 3.34. The fraction of sp³-hybridized carbons (Fsp3) is 0.833. The van der Waals surface area contributed by atoms with Crippen molar-refractivity contribution in [3.63, 3.8) is 0 Å². The molecule has 0 fully saturated rings. The second-order valence-electron chi connectivity index (χ2n) is 5.24. The first kappa shape index (κ1) is 13.6. The summed E-state index contributed by atoms with van der Waals surface area (Å²) in [4.78, 5) is 4.62. The third-order valence-electron chi connectivity index (χ3n) is 2.61. The molecule has 0 radical (unpaired) electrons. The van der Waals surface area contributed by atoms with Gasteiger partial charge < -0.3 is 5.32 Å². The Labute approximate surface area is 103 Å². The molecule has 1 aromatic heterocycles. The maximum atomic E-state index is 4.62. The van der Waals surface area contributed by atoms with Crippen molar-refractivity contribution in [1.82, 2.24) is 14.7 Å². The van der Waals surface area contributed by atoms with E-state index in [1.807, 2.05) is 7.05 Å². The van der Waals surface area contributed by atoms with Crippen LogP contribution >= 0.6 is 11.5 Å². The molecule has 4 heteroatoms. The van der Waals surface area contributed by atoms with Gasteiger partial charge >= 0.3 is 0 Å². The van der Waals surface area contributed by atoms with Crippen LogP contribution in [-0.2, 0) is 11.8 Å². The molecule has 0 spiro atoms. The van der Waals surface area contributed by atoms with E-state index < -0.39 is 0 Å². The van der Waals surface area contributed by atoms with Crippen molar-refractivity contribution in [2.75, 3.05) is 7.05 Å². The van der Waals surface area contributed by atoms with E-state index in [1.165, 1.54) is 12.8 Å². The maximum absolute atomic E-state index is 4.62. The minimum Gasteiger partial charge on any atom is -0.317 e. The average molecular weight is 241 g/mol. The van der Waals surface area contributed by atoms with Crippen LogP contribution in [0.1, 0.15) is 51.4 Å². The van der Waals surface area contributed by atoms with E-state index in [1.54, 1.807) is 11.5 Å². The number of rotatable bonds is 5. The van der Waals surface area contributed by atoms with Crippen LogP contribution in [0.4, 0.5) is 0 Å². The van der Waals surface area contributed by atoms with Crippen LogP contribution in [-0.4, -0.2) is 22.4 Å². The molecule has 1 unspecified atom stereocenters.